The number of dihydropyridines is 1. The molecule has 0 bridgehead atoms. The van der Waals surface area contributed by atoms with Gasteiger partial charge in [0, 0.05) is 22.5 Å². The van der Waals surface area contributed by atoms with Gasteiger partial charge in [0.15, 0.2) is 17.3 Å². The van der Waals surface area contributed by atoms with Gasteiger partial charge in [0.1, 0.15) is 5.92 Å². The van der Waals surface area contributed by atoms with Crippen LogP contribution in [-0.2, 0) is 23.9 Å². The zero-order valence-corrected chi connectivity index (χ0v) is 19.2. The van der Waals surface area contributed by atoms with E-state index in [9.17, 15) is 14.4 Å². The largest absolute Gasteiger partial charge is 0.493 e. The number of methoxy groups -OCH3 is 3. The van der Waals surface area contributed by atoms with Crippen molar-refractivity contribution in [2.75, 3.05) is 27.9 Å². The number of allylic oxidation sites excluding steroid dienone is 3. The van der Waals surface area contributed by atoms with E-state index in [-0.39, 0.29) is 18.3 Å². The molecule has 3 rings (SSSR count). The number of carbonyl (C=O) groups excluding carboxylic acids is 3. The monoisotopic (exact) mass is 443 g/mol. The van der Waals surface area contributed by atoms with Crippen LogP contribution in [0.15, 0.2) is 40.7 Å². The molecule has 2 aliphatic rings. The minimum Gasteiger partial charge on any atom is -0.493 e. The van der Waals surface area contributed by atoms with Gasteiger partial charge >= 0.3 is 11.9 Å². The minimum atomic E-state index is -0.957. The summed E-state index contributed by atoms with van der Waals surface area (Å²) in [6, 6.07) is 5.29. The first-order valence-corrected chi connectivity index (χ1v) is 10.5. The molecular formula is C24H29NO7. The van der Waals surface area contributed by atoms with Gasteiger partial charge in [-0.15, -0.1) is 0 Å². The highest BCUT2D eigenvalue weighted by molar-refractivity contribution is 6.12. The first kappa shape index (κ1) is 23.4. The zero-order valence-electron chi connectivity index (χ0n) is 19.2. The van der Waals surface area contributed by atoms with Crippen molar-refractivity contribution in [2.45, 2.75) is 33.1 Å². The average Bonchev–Trinajstić information content (AvgIpc) is 2.77. The summed E-state index contributed by atoms with van der Waals surface area (Å²) < 4.78 is 21.3. The van der Waals surface area contributed by atoms with E-state index in [2.05, 4.69) is 5.32 Å². The molecular weight excluding hydrogens is 414 g/mol. The summed E-state index contributed by atoms with van der Waals surface area (Å²) in [7, 11) is 4.28. The molecule has 0 saturated carbocycles. The standard InChI is InChI=1S/C24H29NO7/c1-7-32-24(28)18-13(3)25-15-11-12(2)17(23(27)31-6)21(26)20(15)19(18)14-9-8-10-16(29-4)22(14)30-5/h8-10,12,17,19,25H,7,11H2,1-6H3/t12-,17+,19-/m1/s1. The van der Waals surface area contributed by atoms with Crippen LogP contribution in [0.1, 0.15) is 38.7 Å². The van der Waals surface area contributed by atoms with Gasteiger partial charge in [0.05, 0.1) is 39.4 Å². The third kappa shape index (κ3) is 3.85. The van der Waals surface area contributed by atoms with Crippen molar-refractivity contribution in [3.63, 3.8) is 0 Å². The van der Waals surface area contributed by atoms with Gasteiger partial charge in [0.25, 0.3) is 0 Å². The SMILES string of the molecule is CCOC(=O)C1=C(C)NC2=C(C(=O)[C@@H](C(=O)OC)[C@H](C)C2)[C@@H]1c1cccc(OC)c1OC. The Labute approximate surface area is 187 Å². The Balaban J connectivity index is 2.28. The smallest absolute Gasteiger partial charge is 0.336 e. The second-order valence-corrected chi connectivity index (χ2v) is 7.84. The first-order valence-electron chi connectivity index (χ1n) is 10.5. The van der Waals surface area contributed by atoms with E-state index in [1.165, 1.54) is 21.3 Å². The Bertz CT molecular complexity index is 1010. The van der Waals surface area contributed by atoms with Crippen LogP contribution in [0.2, 0.25) is 0 Å². The number of hydrogen-bond acceptors (Lipinski definition) is 8. The number of esters is 2. The molecule has 172 valence electrons. The minimum absolute atomic E-state index is 0.180. The van der Waals surface area contributed by atoms with E-state index >= 15 is 0 Å². The van der Waals surface area contributed by atoms with Gasteiger partial charge in [-0.05, 0) is 32.3 Å². The van der Waals surface area contributed by atoms with Gasteiger partial charge in [-0.25, -0.2) is 4.79 Å². The maximum atomic E-state index is 13.7. The zero-order chi connectivity index (χ0) is 23.6. The lowest BCUT2D eigenvalue weighted by atomic mass is 9.69. The van der Waals surface area contributed by atoms with Crippen LogP contribution in [0.5, 0.6) is 11.5 Å². The van der Waals surface area contributed by atoms with E-state index in [0.717, 1.165) is 0 Å². The molecule has 0 amide bonds. The molecule has 3 atom stereocenters. The van der Waals surface area contributed by atoms with E-state index < -0.39 is 23.8 Å². The van der Waals surface area contributed by atoms with Crippen molar-refractivity contribution in [3.05, 3.63) is 46.3 Å². The fraction of sp³-hybridized carbons (Fsp3) is 0.458. The van der Waals surface area contributed by atoms with Crippen LogP contribution in [0.25, 0.3) is 0 Å². The van der Waals surface area contributed by atoms with Gasteiger partial charge in [0.2, 0.25) is 0 Å². The molecule has 0 aromatic heterocycles. The van der Waals surface area contributed by atoms with Crippen LogP contribution in [-0.4, -0.2) is 45.7 Å². The van der Waals surface area contributed by atoms with E-state index in [1.807, 2.05) is 6.92 Å². The molecule has 0 unspecified atom stereocenters. The highest BCUT2D eigenvalue weighted by Gasteiger charge is 2.48. The molecule has 8 nitrogen and oxygen atoms in total. The van der Waals surface area contributed by atoms with Gasteiger partial charge in [-0.1, -0.05) is 19.1 Å². The van der Waals surface area contributed by atoms with Crippen molar-refractivity contribution in [2.24, 2.45) is 11.8 Å². The summed E-state index contributed by atoms with van der Waals surface area (Å²) in [6.45, 7) is 5.51. The lowest BCUT2D eigenvalue weighted by Crippen LogP contribution is -2.43. The Morgan fingerprint density at radius 2 is 1.88 bits per heavy atom. The van der Waals surface area contributed by atoms with E-state index in [0.29, 0.717) is 46.0 Å². The molecule has 1 aromatic rings. The number of Topliss-reactive ketones (excluding diaryl/α,β-unsaturated/α-hetero) is 1. The molecule has 1 aromatic carbocycles. The van der Waals surface area contributed by atoms with Crippen molar-refractivity contribution in [3.8, 4) is 11.5 Å². The van der Waals surface area contributed by atoms with Gasteiger partial charge in [-0.3, -0.25) is 9.59 Å². The van der Waals surface area contributed by atoms with E-state index in [1.54, 1.807) is 32.0 Å². The van der Waals surface area contributed by atoms with Crippen LogP contribution >= 0.6 is 0 Å². The number of ether oxygens (including phenoxy) is 4. The van der Waals surface area contributed by atoms with Crippen LogP contribution in [0, 0.1) is 11.8 Å². The second-order valence-electron chi connectivity index (χ2n) is 7.84. The van der Waals surface area contributed by atoms with Crippen molar-refractivity contribution in [1.82, 2.24) is 5.32 Å². The number of hydrogen-bond donors (Lipinski definition) is 1. The van der Waals surface area contributed by atoms with Crippen molar-refractivity contribution < 1.29 is 33.3 Å². The Morgan fingerprint density at radius 3 is 2.47 bits per heavy atom. The van der Waals surface area contributed by atoms with Crippen LogP contribution < -0.4 is 14.8 Å². The van der Waals surface area contributed by atoms with E-state index in [4.69, 9.17) is 18.9 Å². The third-order valence-corrected chi connectivity index (χ3v) is 5.98. The molecule has 1 aliphatic heterocycles. The fourth-order valence-corrected chi connectivity index (χ4v) is 4.61. The quantitative estimate of drug-likeness (QED) is 0.529. The summed E-state index contributed by atoms with van der Waals surface area (Å²) in [5.41, 5.74) is 2.49. The third-order valence-electron chi connectivity index (χ3n) is 5.98. The lowest BCUT2D eigenvalue weighted by molar-refractivity contribution is -0.151. The summed E-state index contributed by atoms with van der Waals surface area (Å²) in [6.07, 6.45) is 0.455. The Kier molecular flexibility index (Phi) is 6.91. The summed E-state index contributed by atoms with van der Waals surface area (Å²) >= 11 is 0. The number of ketones is 1. The molecule has 0 spiro atoms. The topological polar surface area (TPSA) is 100 Å². The highest BCUT2D eigenvalue weighted by atomic mass is 16.5. The molecule has 1 N–H and O–H groups in total. The maximum Gasteiger partial charge on any atom is 0.336 e. The van der Waals surface area contributed by atoms with Gasteiger partial charge < -0.3 is 24.3 Å². The maximum absolute atomic E-state index is 13.7. The molecule has 32 heavy (non-hydrogen) atoms. The number of benzene rings is 1. The Morgan fingerprint density at radius 1 is 1.16 bits per heavy atom. The number of rotatable bonds is 6. The Hall–Kier alpha value is -3.29. The predicted octanol–water partition coefficient (Wildman–Crippen LogP) is 2.88. The number of carbonyl (C=O) groups is 3. The lowest BCUT2D eigenvalue weighted by Gasteiger charge is -2.38. The molecule has 0 saturated heterocycles. The molecule has 1 heterocycles. The number of para-hydroxylation sites is 1. The summed E-state index contributed by atoms with van der Waals surface area (Å²) in [4.78, 5) is 39.2. The second kappa shape index (κ2) is 9.46. The average molecular weight is 443 g/mol. The van der Waals surface area contributed by atoms with Crippen LogP contribution in [0.4, 0.5) is 0 Å². The van der Waals surface area contributed by atoms with Crippen molar-refractivity contribution >= 4 is 17.7 Å². The molecule has 1 aliphatic carbocycles. The van der Waals surface area contributed by atoms with Crippen molar-refractivity contribution in [1.29, 1.82) is 0 Å². The summed E-state index contributed by atoms with van der Waals surface area (Å²) in [5, 5.41) is 3.23. The predicted molar refractivity (Wildman–Crippen MR) is 116 cm³/mol. The fourth-order valence-electron chi connectivity index (χ4n) is 4.61. The molecule has 0 radical (unpaired) electrons. The number of nitrogens with one attached hydrogen (secondary N) is 1. The van der Waals surface area contributed by atoms with Gasteiger partial charge in [-0.2, -0.15) is 0 Å². The first-order chi connectivity index (χ1) is 15.3. The van der Waals surface area contributed by atoms with Crippen LogP contribution in [0.3, 0.4) is 0 Å². The highest BCUT2D eigenvalue weighted by Crippen LogP contribution is 2.49. The normalized spacial score (nSPS) is 22.7. The molecule has 0 fully saturated rings. The summed E-state index contributed by atoms with van der Waals surface area (Å²) in [5.74, 6) is -2.64. The molecule has 8 heteroatoms.